The summed E-state index contributed by atoms with van der Waals surface area (Å²) in [5.74, 6) is -1.56. The van der Waals surface area contributed by atoms with Crippen LogP contribution in [0.15, 0.2) is 4.99 Å². The molecule has 16 heavy (non-hydrogen) atoms. The molecular weight excluding hydrogens is 218 g/mol. The molecular formula is C7H15N5O4. The number of guanidine groups is 1. The highest BCUT2D eigenvalue weighted by atomic mass is 16.7. The monoisotopic (exact) mass is 233 g/mol. The van der Waals surface area contributed by atoms with Crippen LogP contribution in [0.25, 0.3) is 0 Å². The quantitative estimate of drug-likeness (QED) is 0.181. The smallest absolute Gasteiger partial charge is 0.332 e. The first-order valence-electron chi connectivity index (χ1n) is 4.51. The fourth-order valence-electron chi connectivity index (χ4n) is 1.07. The number of nitrogens with zero attached hydrogens (tertiary/aromatic N) is 2. The molecule has 0 aliphatic heterocycles. The van der Waals surface area contributed by atoms with Crippen LogP contribution in [0.4, 0.5) is 0 Å². The molecule has 0 spiro atoms. The summed E-state index contributed by atoms with van der Waals surface area (Å²) in [6, 6.07) is -1.25. The number of nitro groups is 1. The molecule has 92 valence electrons. The van der Waals surface area contributed by atoms with Crippen molar-refractivity contribution in [2.24, 2.45) is 22.4 Å². The normalized spacial score (nSPS) is 13.6. The van der Waals surface area contributed by atoms with Gasteiger partial charge >= 0.3 is 5.97 Å². The summed E-state index contributed by atoms with van der Waals surface area (Å²) in [5, 5.41) is 17.9. The Morgan fingerprint density at radius 1 is 1.62 bits per heavy atom. The number of aliphatic carboxylic acids is 1. The van der Waals surface area contributed by atoms with E-state index >= 15 is 0 Å². The molecule has 0 aromatic rings. The second kappa shape index (κ2) is 6.43. The van der Waals surface area contributed by atoms with Crippen LogP contribution in [-0.2, 0) is 4.79 Å². The minimum Gasteiger partial charge on any atom is -0.480 e. The van der Waals surface area contributed by atoms with Crippen molar-refractivity contribution < 1.29 is 14.9 Å². The summed E-state index contributed by atoms with van der Waals surface area (Å²) < 4.78 is 0. The van der Waals surface area contributed by atoms with E-state index in [9.17, 15) is 14.9 Å². The Bertz CT molecular complexity index is 289. The fraction of sp³-hybridized carbons (Fsp3) is 0.714. The van der Waals surface area contributed by atoms with Gasteiger partial charge in [0.05, 0.1) is 0 Å². The predicted molar refractivity (Wildman–Crippen MR) is 56.0 cm³/mol. The summed E-state index contributed by atoms with van der Waals surface area (Å²) in [7, 11) is 0. The van der Waals surface area contributed by atoms with Crippen molar-refractivity contribution in [2.75, 3.05) is 6.54 Å². The maximum Gasteiger partial charge on any atom is 0.332 e. The minimum atomic E-state index is -1.28. The standard InChI is InChI=1S/C7H15N5O4/c1-4(3-10-7(8)9)2-5(6(13)14)11-12(15)16/h4-5,11H,2-3H2,1H3,(H,13,14)(H4,8,9,10). The SMILES string of the molecule is CC(CN=C(N)N)CC(N[N+](=O)[O-])C(=O)O. The maximum absolute atomic E-state index is 10.7. The van der Waals surface area contributed by atoms with Crippen molar-refractivity contribution in [3.05, 3.63) is 10.1 Å². The van der Waals surface area contributed by atoms with E-state index in [1.54, 1.807) is 12.3 Å². The molecule has 0 saturated carbocycles. The lowest BCUT2D eigenvalue weighted by molar-refractivity contribution is -0.549. The molecule has 0 aromatic carbocycles. The third-order valence-electron chi connectivity index (χ3n) is 1.78. The zero-order chi connectivity index (χ0) is 12.7. The lowest BCUT2D eigenvalue weighted by Crippen LogP contribution is -2.41. The van der Waals surface area contributed by atoms with Gasteiger partial charge in [0, 0.05) is 6.54 Å². The number of hydrogen-bond acceptors (Lipinski definition) is 4. The van der Waals surface area contributed by atoms with Gasteiger partial charge in [0.2, 0.25) is 0 Å². The topological polar surface area (TPSA) is 157 Å². The second-order valence-electron chi connectivity index (χ2n) is 3.38. The van der Waals surface area contributed by atoms with Crippen LogP contribution in [0.1, 0.15) is 13.3 Å². The number of nitrogens with two attached hydrogens (primary N) is 2. The molecule has 6 N–H and O–H groups in total. The first kappa shape index (κ1) is 13.9. The molecule has 0 bridgehead atoms. The molecule has 0 aliphatic carbocycles. The molecule has 2 atom stereocenters. The van der Waals surface area contributed by atoms with Gasteiger partial charge in [0.1, 0.15) is 0 Å². The van der Waals surface area contributed by atoms with Gasteiger partial charge in [-0.15, -0.1) is 5.43 Å². The Morgan fingerprint density at radius 3 is 2.56 bits per heavy atom. The van der Waals surface area contributed by atoms with Gasteiger partial charge < -0.3 is 16.6 Å². The van der Waals surface area contributed by atoms with E-state index in [4.69, 9.17) is 16.6 Å². The van der Waals surface area contributed by atoms with Crippen molar-refractivity contribution in [3.8, 4) is 0 Å². The van der Waals surface area contributed by atoms with Crippen LogP contribution in [0.3, 0.4) is 0 Å². The molecule has 0 radical (unpaired) electrons. The van der Waals surface area contributed by atoms with Gasteiger partial charge in [-0.25, -0.2) is 14.9 Å². The first-order chi connectivity index (χ1) is 7.32. The number of rotatable bonds is 7. The lowest BCUT2D eigenvalue weighted by atomic mass is 10.0. The van der Waals surface area contributed by atoms with Crippen LogP contribution >= 0.6 is 0 Å². The number of hydrogen-bond donors (Lipinski definition) is 4. The van der Waals surface area contributed by atoms with E-state index in [0.29, 0.717) is 0 Å². The highest BCUT2D eigenvalue weighted by molar-refractivity contribution is 5.75. The highest BCUT2D eigenvalue weighted by Gasteiger charge is 2.24. The number of nitrogens with one attached hydrogen (secondary N) is 1. The predicted octanol–water partition coefficient (Wildman–Crippen LogP) is -1.48. The van der Waals surface area contributed by atoms with Gasteiger partial charge in [-0.3, -0.25) is 4.99 Å². The number of hydrazine groups is 1. The van der Waals surface area contributed by atoms with Crippen molar-refractivity contribution in [1.82, 2.24) is 5.43 Å². The Kier molecular flexibility index (Phi) is 5.60. The minimum absolute atomic E-state index is 0.0626. The van der Waals surface area contributed by atoms with Gasteiger partial charge in [0.25, 0.3) is 0 Å². The maximum atomic E-state index is 10.7. The molecule has 0 heterocycles. The van der Waals surface area contributed by atoms with E-state index < -0.39 is 17.0 Å². The van der Waals surface area contributed by atoms with Gasteiger partial charge in [-0.05, 0) is 12.3 Å². The Hall–Kier alpha value is -2.06. The van der Waals surface area contributed by atoms with Crippen LogP contribution in [0.5, 0.6) is 0 Å². The zero-order valence-electron chi connectivity index (χ0n) is 8.79. The van der Waals surface area contributed by atoms with Gasteiger partial charge in [-0.2, -0.15) is 0 Å². The zero-order valence-corrected chi connectivity index (χ0v) is 8.79. The fourth-order valence-corrected chi connectivity index (χ4v) is 1.07. The van der Waals surface area contributed by atoms with Crippen LogP contribution in [0.2, 0.25) is 0 Å². The van der Waals surface area contributed by atoms with E-state index in [1.165, 1.54) is 0 Å². The highest BCUT2D eigenvalue weighted by Crippen LogP contribution is 2.06. The number of carbonyl (C=O) groups is 1. The molecule has 0 aliphatic rings. The summed E-state index contributed by atoms with van der Waals surface area (Å²) in [4.78, 5) is 24.5. The summed E-state index contributed by atoms with van der Waals surface area (Å²) in [6.07, 6.45) is 0.0626. The van der Waals surface area contributed by atoms with Gasteiger partial charge in [0.15, 0.2) is 17.0 Å². The Labute approximate surface area is 91.6 Å². The number of carboxylic acid groups (broad SMARTS) is 1. The third kappa shape index (κ3) is 6.40. The van der Waals surface area contributed by atoms with Crippen molar-refractivity contribution in [2.45, 2.75) is 19.4 Å². The first-order valence-corrected chi connectivity index (χ1v) is 4.51. The van der Waals surface area contributed by atoms with Crippen LogP contribution in [-0.4, -0.2) is 34.7 Å². The molecule has 0 rings (SSSR count). The number of carboxylic acids is 1. The second-order valence-corrected chi connectivity index (χ2v) is 3.38. The Morgan fingerprint density at radius 2 is 2.19 bits per heavy atom. The average Bonchev–Trinajstić information content (AvgIpc) is 2.12. The largest absolute Gasteiger partial charge is 0.480 e. The summed E-state index contributed by atoms with van der Waals surface area (Å²) in [6.45, 7) is 1.93. The molecule has 9 nitrogen and oxygen atoms in total. The molecule has 0 aromatic heterocycles. The average molecular weight is 233 g/mol. The van der Waals surface area contributed by atoms with E-state index in [2.05, 4.69) is 4.99 Å². The van der Waals surface area contributed by atoms with Crippen LogP contribution in [0, 0.1) is 16.0 Å². The number of aliphatic imine (C=N–C) groups is 1. The third-order valence-corrected chi connectivity index (χ3v) is 1.78. The van der Waals surface area contributed by atoms with E-state index in [-0.39, 0.29) is 24.8 Å². The molecule has 9 heteroatoms. The van der Waals surface area contributed by atoms with E-state index in [0.717, 1.165) is 0 Å². The van der Waals surface area contributed by atoms with Gasteiger partial charge in [-0.1, -0.05) is 6.92 Å². The van der Waals surface area contributed by atoms with Crippen LogP contribution < -0.4 is 16.9 Å². The lowest BCUT2D eigenvalue weighted by Gasteiger charge is -2.13. The van der Waals surface area contributed by atoms with Crippen molar-refractivity contribution in [1.29, 1.82) is 0 Å². The summed E-state index contributed by atoms with van der Waals surface area (Å²) in [5.41, 5.74) is 11.9. The van der Waals surface area contributed by atoms with Crippen molar-refractivity contribution >= 4 is 11.9 Å². The van der Waals surface area contributed by atoms with E-state index in [1.807, 2.05) is 0 Å². The Balaban J connectivity index is 4.23. The molecule has 0 fully saturated rings. The molecule has 2 unspecified atom stereocenters. The molecule has 0 saturated heterocycles. The molecule has 0 amide bonds. The van der Waals surface area contributed by atoms with Crippen molar-refractivity contribution in [3.63, 3.8) is 0 Å². The summed E-state index contributed by atoms with van der Waals surface area (Å²) >= 11 is 0.